The molecule has 0 bridgehead atoms. The summed E-state index contributed by atoms with van der Waals surface area (Å²) in [6.07, 6.45) is 1.17. The molecule has 0 radical (unpaired) electrons. The van der Waals surface area contributed by atoms with Gasteiger partial charge in [-0.15, -0.1) is 0 Å². The van der Waals surface area contributed by atoms with Crippen LogP contribution < -0.4 is 5.32 Å². The minimum absolute atomic E-state index is 0.430. The van der Waals surface area contributed by atoms with Crippen LogP contribution in [0, 0.1) is 13.8 Å². The molecular weight excluding hydrogens is 228 g/mol. The van der Waals surface area contributed by atoms with Crippen LogP contribution in [0.1, 0.15) is 31.4 Å². The fourth-order valence-electron chi connectivity index (χ4n) is 2.05. The van der Waals surface area contributed by atoms with E-state index in [1.807, 2.05) is 11.8 Å². The number of hydrogen-bond donors (Lipinski definition) is 1. The molecule has 0 amide bonds. The molecule has 0 spiro atoms. The summed E-state index contributed by atoms with van der Waals surface area (Å²) in [5.41, 5.74) is 3.72. The lowest BCUT2D eigenvalue weighted by atomic mass is 10.1. The quantitative estimate of drug-likeness (QED) is 0.812. The first-order chi connectivity index (χ1) is 8.04. The highest BCUT2D eigenvalue weighted by molar-refractivity contribution is 8.14. The Hall–Kier alpha value is -0.960. The van der Waals surface area contributed by atoms with Crippen LogP contribution in [0.5, 0.6) is 0 Å². The van der Waals surface area contributed by atoms with E-state index in [9.17, 15) is 0 Å². The molecule has 17 heavy (non-hydrogen) atoms. The van der Waals surface area contributed by atoms with Crippen molar-refractivity contribution in [2.75, 3.05) is 5.32 Å². The first kappa shape index (κ1) is 12.5. The normalized spacial score (nSPS) is 24.4. The number of nitrogens with zero attached hydrogens (tertiary/aromatic N) is 1. The highest BCUT2D eigenvalue weighted by atomic mass is 32.2. The van der Waals surface area contributed by atoms with Crippen molar-refractivity contribution in [3.8, 4) is 0 Å². The summed E-state index contributed by atoms with van der Waals surface area (Å²) in [6.45, 7) is 8.69. The molecule has 1 aliphatic rings. The van der Waals surface area contributed by atoms with E-state index in [4.69, 9.17) is 0 Å². The SMILES string of the molecule is Cc1ccc(C)c(NC2=NC(C)CC(C)S2)c1. The van der Waals surface area contributed by atoms with Gasteiger partial charge in [-0.05, 0) is 44.4 Å². The number of thioether (sulfide) groups is 1. The Labute approximate surface area is 108 Å². The summed E-state index contributed by atoms with van der Waals surface area (Å²) in [4.78, 5) is 4.67. The van der Waals surface area contributed by atoms with E-state index >= 15 is 0 Å². The summed E-state index contributed by atoms with van der Waals surface area (Å²) in [5, 5.41) is 5.17. The van der Waals surface area contributed by atoms with Gasteiger partial charge in [-0.3, -0.25) is 4.99 Å². The van der Waals surface area contributed by atoms with Crippen LogP contribution in [0.15, 0.2) is 23.2 Å². The Morgan fingerprint density at radius 1 is 1.29 bits per heavy atom. The lowest BCUT2D eigenvalue weighted by Gasteiger charge is -2.23. The standard InChI is InChI=1S/C14H20N2S/c1-9-5-6-10(2)13(7-9)16-14-15-11(3)8-12(4)17-14/h5-7,11-12H,8H2,1-4H3,(H,15,16). The smallest absolute Gasteiger partial charge is 0.161 e. The van der Waals surface area contributed by atoms with Gasteiger partial charge in [0.05, 0.1) is 6.04 Å². The van der Waals surface area contributed by atoms with Crippen LogP contribution in [0.4, 0.5) is 5.69 Å². The third kappa shape index (κ3) is 3.25. The molecule has 0 saturated carbocycles. The minimum atomic E-state index is 0.430. The van der Waals surface area contributed by atoms with E-state index in [1.165, 1.54) is 23.2 Å². The molecule has 1 N–H and O–H groups in total. The van der Waals surface area contributed by atoms with Crippen molar-refractivity contribution in [1.29, 1.82) is 0 Å². The highest BCUT2D eigenvalue weighted by Gasteiger charge is 2.18. The molecular formula is C14H20N2S. The lowest BCUT2D eigenvalue weighted by Crippen LogP contribution is -2.23. The molecule has 2 rings (SSSR count). The monoisotopic (exact) mass is 248 g/mol. The molecule has 0 aliphatic carbocycles. The van der Waals surface area contributed by atoms with E-state index in [2.05, 4.69) is 56.2 Å². The van der Waals surface area contributed by atoms with Crippen LogP contribution in [0.3, 0.4) is 0 Å². The van der Waals surface area contributed by atoms with Gasteiger partial charge in [-0.2, -0.15) is 0 Å². The number of nitrogens with one attached hydrogen (secondary N) is 1. The van der Waals surface area contributed by atoms with Gasteiger partial charge in [-0.25, -0.2) is 0 Å². The molecule has 2 atom stereocenters. The fraction of sp³-hybridized carbons (Fsp3) is 0.500. The number of aryl methyl sites for hydroxylation is 2. The van der Waals surface area contributed by atoms with Gasteiger partial charge in [0.25, 0.3) is 0 Å². The Morgan fingerprint density at radius 2 is 2.06 bits per heavy atom. The second-order valence-corrected chi connectivity index (χ2v) is 6.32. The van der Waals surface area contributed by atoms with Crippen LogP contribution in [0.25, 0.3) is 0 Å². The molecule has 1 heterocycles. The van der Waals surface area contributed by atoms with Crippen LogP contribution in [0.2, 0.25) is 0 Å². The number of anilines is 1. The van der Waals surface area contributed by atoms with Gasteiger partial charge < -0.3 is 5.32 Å². The van der Waals surface area contributed by atoms with E-state index in [1.54, 1.807) is 0 Å². The van der Waals surface area contributed by atoms with E-state index < -0.39 is 0 Å². The van der Waals surface area contributed by atoms with Crippen molar-refractivity contribution in [3.63, 3.8) is 0 Å². The van der Waals surface area contributed by atoms with Crippen LogP contribution in [-0.2, 0) is 0 Å². The summed E-state index contributed by atoms with van der Waals surface area (Å²) >= 11 is 1.84. The molecule has 1 aromatic carbocycles. The van der Waals surface area contributed by atoms with Crippen molar-refractivity contribution < 1.29 is 0 Å². The number of rotatable bonds is 1. The third-order valence-electron chi connectivity index (χ3n) is 2.96. The minimum Gasteiger partial charge on any atom is -0.335 e. The third-order valence-corrected chi connectivity index (χ3v) is 3.98. The Bertz CT molecular complexity index is 440. The Balaban J connectivity index is 2.18. The molecule has 1 aromatic rings. The zero-order chi connectivity index (χ0) is 12.4. The summed E-state index contributed by atoms with van der Waals surface area (Å²) < 4.78 is 0. The van der Waals surface area contributed by atoms with Crippen molar-refractivity contribution in [2.24, 2.45) is 4.99 Å². The molecule has 2 unspecified atom stereocenters. The van der Waals surface area contributed by atoms with Crippen LogP contribution >= 0.6 is 11.8 Å². The predicted octanol–water partition coefficient (Wildman–Crippen LogP) is 3.99. The molecule has 92 valence electrons. The van der Waals surface area contributed by atoms with E-state index in [-0.39, 0.29) is 0 Å². The molecule has 1 aliphatic heterocycles. The predicted molar refractivity (Wildman–Crippen MR) is 78.1 cm³/mol. The number of benzene rings is 1. The molecule has 0 aromatic heterocycles. The van der Waals surface area contributed by atoms with Crippen LogP contribution in [-0.4, -0.2) is 16.5 Å². The van der Waals surface area contributed by atoms with E-state index in [0.29, 0.717) is 11.3 Å². The Morgan fingerprint density at radius 3 is 2.76 bits per heavy atom. The maximum absolute atomic E-state index is 4.67. The lowest BCUT2D eigenvalue weighted by molar-refractivity contribution is 0.661. The zero-order valence-corrected chi connectivity index (χ0v) is 11.8. The average Bonchev–Trinajstić information content (AvgIpc) is 2.22. The average molecular weight is 248 g/mol. The van der Waals surface area contributed by atoms with Crippen molar-refractivity contribution in [3.05, 3.63) is 29.3 Å². The number of hydrogen-bond acceptors (Lipinski definition) is 3. The highest BCUT2D eigenvalue weighted by Crippen LogP contribution is 2.27. The largest absolute Gasteiger partial charge is 0.335 e. The van der Waals surface area contributed by atoms with Crippen molar-refractivity contribution in [1.82, 2.24) is 0 Å². The molecule has 0 saturated heterocycles. The zero-order valence-electron chi connectivity index (χ0n) is 10.9. The van der Waals surface area contributed by atoms with Crippen molar-refractivity contribution in [2.45, 2.75) is 45.4 Å². The van der Waals surface area contributed by atoms with E-state index in [0.717, 1.165) is 5.17 Å². The van der Waals surface area contributed by atoms with Gasteiger partial charge >= 0.3 is 0 Å². The van der Waals surface area contributed by atoms with Gasteiger partial charge in [-0.1, -0.05) is 30.8 Å². The molecule has 3 heteroatoms. The second kappa shape index (κ2) is 5.13. The number of aliphatic imine (C=N–C) groups is 1. The van der Waals surface area contributed by atoms with Gasteiger partial charge in [0.1, 0.15) is 0 Å². The Kier molecular flexibility index (Phi) is 3.77. The maximum atomic E-state index is 4.67. The second-order valence-electron chi connectivity index (χ2n) is 4.89. The van der Waals surface area contributed by atoms with Crippen molar-refractivity contribution >= 4 is 22.6 Å². The first-order valence-corrected chi connectivity index (χ1v) is 7.01. The summed E-state index contributed by atoms with van der Waals surface area (Å²) in [5.74, 6) is 0. The van der Waals surface area contributed by atoms with Gasteiger partial charge in [0, 0.05) is 10.9 Å². The van der Waals surface area contributed by atoms with Gasteiger partial charge in [0.15, 0.2) is 5.17 Å². The van der Waals surface area contributed by atoms with Gasteiger partial charge in [0.2, 0.25) is 0 Å². The molecule has 2 nitrogen and oxygen atoms in total. The summed E-state index contributed by atoms with van der Waals surface area (Å²) in [6, 6.07) is 6.90. The molecule has 0 fully saturated rings. The fourth-order valence-corrected chi connectivity index (χ4v) is 3.22. The maximum Gasteiger partial charge on any atom is 0.161 e. The number of amidine groups is 1. The summed E-state index contributed by atoms with van der Waals surface area (Å²) in [7, 11) is 0. The topological polar surface area (TPSA) is 24.4 Å². The first-order valence-electron chi connectivity index (χ1n) is 6.13.